The van der Waals surface area contributed by atoms with Crippen LogP contribution in [0.25, 0.3) is 0 Å². The quantitative estimate of drug-likeness (QED) is 0.611. The molecule has 1 rings (SSSR count). The van der Waals surface area contributed by atoms with Crippen molar-refractivity contribution in [2.24, 2.45) is 0 Å². The molecule has 0 aromatic heterocycles. The maximum absolute atomic E-state index is 11.6. The van der Waals surface area contributed by atoms with Gasteiger partial charge in [-0.1, -0.05) is 0 Å². The third kappa shape index (κ3) is 2.84. The normalized spacial score (nSPS) is 11.4. The number of nitrogens with one attached hydrogen (secondary N) is 1. The van der Waals surface area contributed by atoms with E-state index in [0.29, 0.717) is 5.75 Å². The molecule has 1 aromatic rings. The van der Waals surface area contributed by atoms with Crippen LogP contribution >= 0.6 is 0 Å². The summed E-state index contributed by atoms with van der Waals surface area (Å²) in [6, 6.07) is 4.16. The zero-order valence-corrected chi connectivity index (χ0v) is 9.62. The number of aliphatic hydroxyl groups is 1. The van der Waals surface area contributed by atoms with Crippen LogP contribution < -0.4 is 15.2 Å². The number of sulfonamides is 1. The molecular weight excluding hydrogens is 232 g/mol. The lowest BCUT2D eigenvalue weighted by molar-refractivity contribution is 0.301. The lowest BCUT2D eigenvalue weighted by atomic mass is 10.3. The van der Waals surface area contributed by atoms with Crippen LogP contribution in [0.15, 0.2) is 23.1 Å². The summed E-state index contributed by atoms with van der Waals surface area (Å²) in [7, 11) is -2.17. The first-order valence-corrected chi connectivity index (χ1v) is 6.03. The first-order valence-electron chi connectivity index (χ1n) is 4.55. The molecule has 0 saturated carbocycles. The Morgan fingerprint density at radius 3 is 2.69 bits per heavy atom. The van der Waals surface area contributed by atoms with Gasteiger partial charge in [-0.3, -0.25) is 0 Å². The smallest absolute Gasteiger partial charge is 0.240 e. The Morgan fingerprint density at radius 2 is 2.19 bits per heavy atom. The number of anilines is 1. The minimum Gasteiger partial charge on any atom is -0.495 e. The van der Waals surface area contributed by atoms with E-state index in [2.05, 4.69) is 4.72 Å². The van der Waals surface area contributed by atoms with Crippen molar-refractivity contribution in [1.29, 1.82) is 0 Å². The van der Waals surface area contributed by atoms with Crippen molar-refractivity contribution in [3.8, 4) is 5.75 Å². The monoisotopic (exact) mass is 246 g/mol. The van der Waals surface area contributed by atoms with Gasteiger partial charge in [0.05, 0.1) is 24.3 Å². The molecule has 1 aromatic carbocycles. The van der Waals surface area contributed by atoms with E-state index >= 15 is 0 Å². The van der Waals surface area contributed by atoms with Crippen molar-refractivity contribution < 1.29 is 18.3 Å². The molecule has 0 heterocycles. The summed E-state index contributed by atoms with van der Waals surface area (Å²) in [4.78, 5) is 0.0410. The maximum atomic E-state index is 11.6. The van der Waals surface area contributed by atoms with E-state index in [-0.39, 0.29) is 23.7 Å². The number of nitrogens with two attached hydrogens (primary N) is 1. The molecule has 0 unspecified atom stereocenters. The number of rotatable bonds is 5. The molecular formula is C9H14N2O4S. The van der Waals surface area contributed by atoms with Crippen LogP contribution in [0.2, 0.25) is 0 Å². The molecule has 0 aliphatic heterocycles. The molecule has 0 aliphatic carbocycles. The van der Waals surface area contributed by atoms with Gasteiger partial charge < -0.3 is 15.6 Å². The van der Waals surface area contributed by atoms with Gasteiger partial charge >= 0.3 is 0 Å². The number of hydrogen-bond donors (Lipinski definition) is 3. The van der Waals surface area contributed by atoms with E-state index in [4.69, 9.17) is 15.6 Å². The van der Waals surface area contributed by atoms with Crippen LogP contribution in [0.4, 0.5) is 5.69 Å². The van der Waals surface area contributed by atoms with Gasteiger partial charge in [0.25, 0.3) is 0 Å². The lowest BCUT2D eigenvalue weighted by Gasteiger charge is -2.08. The highest BCUT2D eigenvalue weighted by molar-refractivity contribution is 7.89. The predicted octanol–water partition coefficient (Wildman–Crippen LogP) is -0.452. The molecule has 0 spiro atoms. The molecule has 0 fully saturated rings. The van der Waals surface area contributed by atoms with Gasteiger partial charge in [-0.15, -0.1) is 0 Å². The van der Waals surface area contributed by atoms with E-state index < -0.39 is 10.0 Å². The minimum atomic E-state index is -3.62. The van der Waals surface area contributed by atoms with Gasteiger partial charge in [-0.05, 0) is 18.2 Å². The SMILES string of the molecule is COc1ccc(S(=O)(=O)NCCO)cc1N. The number of nitrogen functional groups attached to an aromatic ring is 1. The largest absolute Gasteiger partial charge is 0.495 e. The molecule has 16 heavy (non-hydrogen) atoms. The Balaban J connectivity index is 3.01. The second kappa shape index (κ2) is 5.15. The van der Waals surface area contributed by atoms with Crippen molar-refractivity contribution in [2.75, 3.05) is 26.0 Å². The van der Waals surface area contributed by atoms with Crippen molar-refractivity contribution in [3.05, 3.63) is 18.2 Å². The highest BCUT2D eigenvalue weighted by Crippen LogP contribution is 2.23. The Hall–Kier alpha value is -1.31. The van der Waals surface area contributed by atoms with Crippen LogP contribution in [0.3, 0.4) is 0 Å². The van der Waals surface area contributed by atoms with Gasteiger partial charge in [-0.25, -0.2) is 13.1 Å². The predicted molar refractivity (Wildman–Crippen MR) is 59.7 cm³/mol. The van der Waals surface area contributed by atoms with E-state index in [1.165, 1.54) is 25.3 Å². The molecule has 4 N–H and O–H groups in total. The van der Waals surface area contributed by atoms with Crippen LogP contribution in [-0.4, -0.2) is 33.8 Å². The van der Waals surface area contributed by atoms with E-state index in [9.17, 15) is 8.42 Å². The summed E-state index contributed by atoms with van der Waals surface area (Å²) in [6.07, 6.45) is 0. The number of benzene rings is 1. The summed E-state index contributed by atoms with van der Waals surface area (Å²) in [6.45, 7) is -0.293. The molecule has 7 heteroatoms. The van der Waals surface area contributed by atoms with Crippen molar-refractivity contribution in [3.63, 3.8) is 0 Å². The molecule has 0 bridgehead atoms. The fourth-order valence-electron chi connectivity index (χ4n) is 1.14. The fourth-order valence-corrected chi connectivity index (χ4v) is 2.20. The van der Waals surface area contributed by atoms with Crippen LogP contribution in [0.1, 0.15) is 0 Å². The Morgan fingerprint density at radius 1 is 1.50 bits per heavy atom. The lowest BCUT2D eigenvalue weighted by Crippen LogP contribution is -2.26. The minimum absolute atomic E-state index is 0.0335. The molecule has 0 amide bonds. The summed E-state index contributed by atoms with van der Waals surface area (Å²) in [5.74, 6) is 0.418. The fraction of sp³-hybridized carbons (Fsp3) is 0.333. The Kier molecular flexibility index (Phi) is 4.11. The van der Waals surface area contributed by atoms with E-state index in [1.54, 1.807) is 0 Å². The average molecular weight is 246 g/mol. The summed E-state index contributed by atoms with van der Waals surface area (Å²) >= 11 is 0. The standard InChI is InChI=1S/C9H14N2O4S/c1-15-9-3-2-7(6-8(9)10)16(13,14)11-4-5-12/h2-3,6,11-12H,4-5,10H2,1H3. The van der Waals surface area contributed by atoms with Crippen molar-refractivity contribution in [1.82, 2.24) is 4.72 Å². The second-order valence-electron chi connectivity index (χ2n) is 3.03. The number of ether oxygens (including phenoxy) is 1. The van der Waals surface area contributed by atoms with Gasteiger partial charge in [-0.2, -0.15) is 0 Å². The highest BCUT2D eigenvalue weighted by atomic mass is 32.2. The Labute approximate surface area is 94.1 Å². The zero-order chi connectivity index (χ0) is 12.2. The number of aliphatic hydroxyl groups excluding tert-OH is 1. The highest BCUT2D eigenvalue weighted by Gasteiger charge is 2.14. The topological polar surface area (TPSA) is 102 Å². The maximum Gasteiger partial charge on any atom is 0.240 e. The summed E-state index contributed by atoms with van der Waals surface area (Å²) < 4.78 is 30.4. The van der Waals surface area contributed by atoms with Crippen molar-refractivity contribution >= 4 is 15.7 Å². The average Bonchev–Trinajstić information content (AvgIpc) is 2.26. The third-order valence-electron chi connectivity index (χ3n) is 1.92. The molecule has 0 radical (unpaired) electrons. The van der Waals surface area contributed by atoms with E-state index in [1.807, 2.05) is 0 Å². The summed E-state index contributed by atoms with van der Waals surface area (Å²) in [5.41, 5.74) is 5.84. The van der Waals surface area contributed by atoms with E-state index in [0.717, 1.165) is 0 Å². The third-order valence-corrected chi connectivity index (χ3v) is 3.37. The zero-order valence-electron chi connectivity index (χ0n) is 8.80. The Bertz CT molecular complexity index is 459. The molecule has 0 saturated heterocycles. The van der Waals surface area contributed by atoms with Gasteiger partial charge in [0.2, 0.25) is 10.0 Å². The first kappa shape index (κ1) is 12.8. The van der Waals surface area contributed by atoms with Crippen LogP contribution in [0.5, 0.6) is 5.75 Å². The number of methoxy groups -OCH3 is 1. The molecule has 90 valence electrons. The number of hydrogen-bond acceptors (Lipinski definition) is 5. The molecule has 0 atom stereocenters. The summed E-state index contributed by atoms with van der Waals surface area (Å²) in [5, 5.41) is 8.54. The van der Waals surface area contributed by atoms with Gasteiger partial charge in [0, 0.05) is 6.54 Å². The van der Waals surface area contributed by atoms with Gasteiger partial charge in [0.1, 0.15) is 5.75 Å². The van der Waals surface area contributed by atoms with Crippen LogP contribution in [-0.2, 0) is 10.0 Å². The molecule has 0 aliphatic rings. The second-order valence-corrected chi connectivity index (χ2v) is 4.79. The van der Waals surface area contributed by atoms with Crippen LogP contribution in [0, 0.1) is 0 Å². The van der Waals surface area contributed by atoms with Gasteiger partial charge in [0.15, 0.2) is 0 Å². The van der Waals surface area contributed by atoms with Crippen molar-refractivity contribution in [2.45, 2.75) is 4.90 Å². The first-order chi connectivity index (χ1) is 7.51. The molecule has 6 nitrogen and oxygen atoms in total.